The fraction of sp³-hybridized carbons (Fsp3) is 0.571. The number of carbonyl (C=O) groups excluding carboxylic acids is 2. The topological polar surface area (TPSA) is 128 Å². The molecule has 9 heteroatoms. The molecule has 0 radical (unpaired) electrons. The number of fused-ring (bicyclic) bond motifs is 1. The lowest BCUT2D eigenvalue weighted by Gasteiger charge is -2.27. The number of ether oxygens (including phenoxy) is 2. The summed E-state index contributed by atoms with van der Waals surface area (Å²) in [5.74, 6) is -0.689. The monoisotopic (exact) mass is 322 g/mol. The summed E-state index contributed by atoms with van der Waals surface area (Å²) < 4.78 is 11.1. The molecule has 1 saturated heterocycles. The Morgan fingerprint density at radius 3 is 2.91 bits per heavy atom. The van der Waals surface area contributed by atoms with Crippen molar-refractivity contribution in [2.45, 2.75) is 51.5 Å². The van der Waals surface area contributed by atoms with Crippen molar-refractivity contribution < 1.29 is 19.1 Å². The molecule has 3 heterocycles. The van der Waals surface area contributed by atoms with Gasteiger partial charge in [0.05, 0.1) is 18.1 Å². The van der Waals surface area contributed by atoms with E-state index in [2.05, 4.69) is 9.97 Å². The van der Waals surface area contributed by atoms with Gasteiger partial charge in [-0.3, -0.25) is 24.3 Å². The van der Waals surface area contributed by atoms with Crippen molar-refractivity contribution in [3.63, 3.8) is 0 Å². The molecule has 1 fully saturated rings. The molecule has 3 atom stereocenters. The maximum Gasteiger partial charge on any atom is 0.303 e. The van der Waals surface area contributed by atoms with Gasteiger partial charge in [0.15, 0.2) is 12.0 Å². The van der Waals surface area contributed by atoms with Crippen LogP contribution in [0.3, 0.4) is 0 Å². The van der Waals surface area contributed by atoms with Crippen molar-refractivity contribution in [3.05, 3.63) is 15.9 Å². The lowest BCUT2D eigenvalue weighted by Crippen LogP contribution is -2.45. The summed E-state index contributed by atoms with van der Waals surface area (Å²) in [4.78, 5) is 43.4. The van der Waals surface area contributed by atoms with E-state index in [9.17, 15) is 14.4 Å². The molecule has 23 heavy (non-hydrogen) atoms. The summed E-state index contributed by atoms with van der Waals surface area (Å²) in [7, 11) is 0. The fourth-order valence-electron chi connectivity index (χ4n) is 3.00. The molecular weight excluding hydrogens is 304 g/mol. The van der Waals surface area contributed by atoms with E-state index >= 15 is 0 Å². The van der Waals surface area contributed by atoms with E-state index < -0.39 is 23.9 Å². The van der Waals surface area contributed by atoms with Gasteiger partial charge >= 0.3 is 5.97 Å². The third kappa shape index (κ3) is 2.67. The van der Waals surface area contributed by atoms with Gasteiger partial charge in [-0.2, -0.15) is 4.98 Å². The van der Waals surface area contributed by atoms with Crippen molar-refractivity contribution in [2.75, 3.05) is 10.6 Å². The summed E-state index contributed by atoms with van der Waals surface area (Å²) in [6.07, 6.45) is -0.421. The minimum absolute atomic E-state index is 0.0810. The van der Waals surface area contributed by atoms with Crippen molar-refractivity contribution in [1.29, 1.82) is 0 Å². The standard InChI is InChI=1S/C14H18N4O5/c1-3-7-4-9(22-6(2)19)13(23-7)18-10(20)5-8-11(18)16-14(15)17-12(8)21/h7,9,13H,3-5H2,1-2H3,(H3,15,16,17,21)/t7-,9-,13-/m1/s1. The van der Waals surface area contributed by atoms with E-state index in [4.69, 9.17) is 15.2 Å². The molecule has 0 bridgehead atoms. The number of nitrogens with one attached hydrogen (secondary N) is 1. The first-order chi connectivity index (χ1) is 10.9. The number of hydrogen-bond donors (Lipinski definition) is 2. The summed E-state index contributed by atoms with van der Waals surface area (Å²) in [6.45, 7) is 3.25. The number of H-pyrrole nitrogens is 1. The minimum Gasteiger partial charge on any atom is -0.458 e. The fourth-order valence-corrected chi connectivity index (χ4v) is 3.00. The Morgan fingerprint density at radius 1 is 1.52 bits per heavy atom. The number of nitrogens with two attached hydrogens (primary N) is 1. The number of esters is 1. The molecule has 3 N–H and O–H groups in total. The zero-order chi connectivity index (χ0) is 16.7. The maximum atomic E-state index is 12.4. The molecule has 124 valence electrons. The van der Waals surface area contributed by atoms with Gasteiger partial charge in [-0.1, -0.05) is 6.92 Å². The lowest BCUT2D eigenvalue weighted by molar-refractivity contribution is -0.150. The largest absolute Gasteiger partial charge is 0.458 e. The number of nitrogens with zero attached hydrogens (tertiary/aromatic N) is 2. The van der Waals surface area contributed by atoms with Crippen LogP contribution in [0.5, 0.6) is 0 Å². The molecule has 0 saturated carbocycles. The molecule has 1 aromatic rings. The number of carbonyl (C=O) groups is 2. The number of rotatable bonds is 3. The van der Waals surface area contributed by atoms with Crippen LogP contribution in [-0.4, -0.2) is 40.3 Å². The molecule has 0 aromatic carbocycles. The third-order valence-corrected chi connectivity index (χ3v) is 4.01. The average molecular weight is 322 g/mol. The Kier molecular flexibility index (Phi) is 3.80. The third-order valence-electron chi connectivity index (χ3n) is 4.01. The molecule has 0 spiro atoms. The second-order valence-electron chi connectivity index (χ2n) is 5.63. The van der Waals surface area contributed by atoms with E-state index in [1.807, 2.05) is 6.92 Å². The van der Waals surface area contributed by atoms with Gasteiger partial charge in [0.1, 0.15) is 6.10 Å². The number of aromatic nitrogens is 2. The number of nitrogen functional groups attached to an aromatic ring is 1. The van der Waals surface area contributed by atoms with E-state index in [1.54, 1.807) is 0 Å². The molecule has 0 unspecified atom stereocenters. The molecule has 1 aromatic heterocycles. The molecule has 3 rings (SSSR count). The van der Waals surface area contributed by atoms with Crippen molar-refractivity contribution in [2.24, 2.45) is 0 Å². The highest BCUT2D eigenvalue weighted by Gasteiger charge is 2.47. The first-order valence-electron chi connectivity index (χ1n) is 7.44. The molecule has 0 aliphatic carbocycles. The average Bonchev–Trinajstić information content (AvgIpc) is 2.99. The molecular formula is C14H18N4O5. The van der Waals surface area contributed by atoms with Crippen molar-refractivity contribution in [1.82, 2.24) is 9.97 Å². The highest BCUT2D eigenvalue weighted by Crippen LogP contribution is 2.34. The zero-order valence-electron chi connectivity index (χ0n) is 12.9. The van der Waals surface area contributed by atoms with E-state index in [0.29, 0.717) is 12.8 Å². The Labute approximate surface area is 131 Å². The van der Waals surface area contributed by atoms with Gasteiger partial charge in [0.25, 0.3) is 5.56 Å². The first-order valence-corrected chi connectivity index (χ1v) is 7.44. The Balaban J connectivity index is 1.99. The number of anilines is 2. The number of hydrogen-bond acceptors (Lipinski definition) is 7. The van der Waals surface area contributed by atoms with Gasteiger partial charge in [-0.25, -0.2) is 0 Å². The normalized spacial score (nSPS) is 26.4. The number of amides is 1. The minimum atomic E-state index is -0.800. The molecule has 2 aliphatic rings. The first kappa shape index (κ1) is 15.5. The van der Waals surface area contributed by atoms with E-state index in [-0.39, 0.29) is 35.8 Å². The van der Waals surface area contributed by atoms with Crippen LogP contribution in [0.1, 0.15) is 32.3 Å². The lowest BCUT2D eigenvalue weighted by atomic mass is 10.1. The van der Waals surface area contributed by atoms with Crippen LogP contribution in [0.4, 0.5) is 11.8 Å². The smallest absolute Gasteiger partial charge is 0.303 e. The molecule has 1 amide bonds. The maximum absolute atomic E-state index is 12.4. The number of aromatic amines is 1. The second-order valence-corrected chi connectivity index (χ2v) is 5.63. The Hall–Kier alpha value is -2.42. The van der Waals surface area contributed by atoms with Gasteiger partial charge in [-0.05, 0) is 6.42 Å². The van der Waals surface area contributed by atoms with Crippen LogP contribution in [0.2, 0.25) is 0 Å². The predicted molar refractivity (Wildman–Crippen MR) is 79.6 cm³/mol. The highest BCUT2D eigenvalue weighted by atomic mass is 16.6. The summed E-state index contributed by atoms with van der Waals surface area (Å²) >= 11 is 0. The van der Waals surface area contributed by atoms with Crippen LogP contribution in [0, 0.1) is 0 Å². The SMILES string of the molecule is CC[C@@H]1C[C@@H](OC(C)=O)[C@H](N2C(=O)Cc3c2nc(N)[nH]c3=O)O1. The van der Waals surface area contributed by atoms with Crippen LogP contribution >= 0.6 is 0 Å². The zero-order valence-corrected chi connectivity index (χ0v) is 12.9. The van der Waals surface area contributed by atoms with Crippen molar-refractivity contribution in [3.8, 4) is 0 Å². The van der Waals surface area contributed by atoms with Gasteiger partial charge in [-0.15, -0.1) is 0 Å². The van der Waals surface area contributed by atoms with Gasteiger partial charge in [0, 0.05) is 13.3 Å². The van der Waals surface area contributed by atoms with Crippen LogP contribution in [0.15, 0.2) is 4.79 Å². The quantitative estimate of drug-likeness (QED) is 0.731. The molecule has 2 aliphatic heterocycles. The van der Waals surface area contributed by atoms with Crippen molar-refractivity contribution >= 4 is 23.6 Å². The van der Waals surface area contributed by atoms with Crippen LogP contribution < -0.4 is 16.2 Å². The Bertz CT molecular complexity index is 716. The van der Waals surface area contributed by atoms with E-state index in [1.165, 1.54) is 11.8 Å². The predicted octanol–water partition coefficient (Wildman–Crippen LogP) is -0.302. The summed E-state index contributed by atoms with van der Waals surface area (Å²) in [5.41, 5.74) is 5.37. The van der Waals surface area contributed by atoms with Gasteiger partial charge < -0.3 is 15.2 Å². The second kappa shape index (κ2) is 5.65. The van der Waals surface area contributed by atoms with E-state index in [0.717, 1.165) is 0 Å². The van der Waals surface area contributed by atoms with Gasteiger partial charge in [0.2, 0.25) is 11.9 Å². The van der Waals surface area contributed by atoms with Crippen LogP contribution in [0.25, 0.3) is 0 Å². The highest BCUT2D eigenvalue weighted by molar-refractivity contribution is 6.00. The molecule has 9 nitrogen and oxygen atoms in total. The Morgan fingerprint density at radius 2 is 2.26 bits per heavy atom. The summed E-state index contributed by atoms with van der Waals surface area (Å²) in [6, 6.07) is 0. The summed E-state index contributed by atoms with van der Waals surface area (Å²) in [5, 5.41) is 0. The van der Waals surface area contributed by atoms with Crippen LogP contribution in [-0.2, 0) is 25.5 Å².